The van der Waals surface area contributed by atoms with E-state index in [4.69, 9.17) is 9.57 Å². The molecule has 86 valence electrons. The molecule has 0 fully saturated rings. The van der Waals surface area contributed by atoms with Crippen LogP contribution in [0.4, 0.5) is 0 Å². The average Bonchev–Trinajstić information content (AvgIpc) is 2.19. The van der Waals surface area contributed by atoms with Crippen LogP contribution < -0.4 is 5.32 Å². The Hall–Kier alpha value is -0.610. The molecule has 14 heavy (non-hydrogen) atoms. The Morgan fingerprint density at radius 3 is 2.21 bits per heavy atom. The highest BCUT2D eigenvalue weighted by Gasteiger charge is 1.86. The second-order valence-corrected chi connectivity index (χ2v) is 2.61. The number of hydrogen-bond donors (Lipinski definition) is 1. The average molecular weight is 204 g/mol. The van der Waals surface area contributed by atoms with Crippen molar-refractivity contribution >= 4 is 5.71 Å². The van der Waals surface area contributed by atoms with Crippen molar-refractivity contribution in [3.05, 3.63) is 0 Å². The van der Waals surface area contributed by atoms with Gasteiger partial charge in [0.15, 0.2) is 0 Å². The third-order valence-corrected chi connectivity index (χ3v) is 1.10. The van der Waals surface area contributed by atoms with E-state index in [0.717, 1.165) is 25.4 Å². The molecule has 0 bridgehead atoms. The van der Waals surface area contributed by atoms with E-state index in [9.17, 15) is 0 Å². The van der Waals surface area contributed by atoms with Gasteiger partial charge in [-0.3, -0.25) is 0 Å². The lowest BCUT2D eigenvalue weighted by atomic mass is 10.5. The first-order valence-electron chi connectivity index (χ1n) is 5.10. The summed E-state index contributed by atoms with van der Waals surface area (Å²) in [4.78, 5) is 4.96. The zero-order chi connectivity index (χ0) is 11.2. The minimum atomic E-state index is 0.606. The zero-order valence-electron chi connectivity index (χ0n) is 10.1. The van der Waals surface area contributed by atoms with Gasteiger partial charge in [-0.2, -0.15) is 0 Å². The maximum atomic E-state index is 4.96. The van der Waals surface area contributed by atoms with E-state index in [0.29, 0.717) is 6.61 Å². The number of hydrogen-bond acceptors (Lipinski definition) is 4. The monoisotopic (exact) mass is 204 g/mol. The molecule has 0 saturated heterocycles. The van der Waals surface area contributed by atoms with Crippen LogP contribution in [0.5, 0.6) is 0 Å². The molecule has 0 aliphatic rings. The molecule has 1 N–H and O–H groups in total. The lowest BCUT2D eigenvalue weighted by Gasteiger charge is -2.02. The molecule has 0 atom stereocenters. The third kappa shape index (κ3) is 17.5. The summed E-state index contributed by atoms with van der Waals surface area (Å²) in [6, 6.07) is 0. The van der Waals surface area contributed by atoms with Gasteiger partial charge in [0, 0.05) is 20.2 Å². The maximum absolute atomic E-state index is 4.96. The molecule has 0 heterocycles. The van der Waals surface area contributed by atoms with Crippen LogP contribution in [0.25, 0.3) is 0 Å². The largest absolute Gasteiger partial charge is 0.395 e. The highest BCUT2D eigenvalue weighted by Crippen LogP contribution is 1.78. The van der Waals surface area contributed by atoms with Crippen LogP contribution in [-0.4, -0.2) is 39.1 Å². The van der Waals surface area contributed by atoms with Gasteiger partial charge >= 0.3 is 0 Å². The normalized spacial score (nSPS) is 8.64. The lowest BCUT2D eigenvalue weighted by molar-refractivity contribution is 0.141. The number of rotatable bonds is 7. The first-order valence-corrected chi connectivity index (χ1v) is 5.10. The van der Waals surface area contributed by atoms with Crippen molar-refractivity contribution in [2.75, 3.05) is 33.4 Å². The summed E-state index contributed by atoms with van der Waals surface area (Å²) in [7, 11) is 1.68. The standard InChI is InChI=1S/C8H18N2O2.C2H6/c1-8(2)10-12-7-5-9-4-6-11-3;1-2/h9H,4-7H2,1-3H3;1-2H3. The number of methoxy groups -OCH3 is 1. The summed E-state index contributed by atoms with van der Waals surface area (Å²) < 4.78 is 4.86. The summed E-state index contributed by atoms with van der Waals surface area (Å²) in [6.45, 7) is 10.8. The van der Waals surface area contributed by atoms with Gasteiger partial charge in [-0.25, -0.2) is 0 Å². The highest BCUT2D eigenvalue weighted by atomic mass is 16.6. The predicted molar refractivity (Wildman–Crippen MR) is 60.8 cm³/mol. The third-order valence-electron chi connectivity index (χ3n) is 1.10. The molecule has 4 nitrogen and oxygen atoms in total. The number of oxime groups is 1. The van der Waals surface area contributed by atoms with E-state index in [1.165, 1.54) is 0 Å². The van der Waals surface area contributed by atoms with Gasteiger partial charge in [-0.15, -0.1) is 0 Å². The van der Waals surface area contributed by atoms with Crippen LogP contribution >= 0.6 is 0 Å². The molecule has 0 aromatic rings. The van der Waals surface area contributed by atoms with Gasteiger partial charge in [0.25, 0.3) is 0 Å². The van der Waals surface area contributed by atoms with E-state index in [1.807, 2.05) is 27.7 Å². The van der Waals surface area contributed by atoms with Crippen molar-refractivity contribution in [2.45, 2.75) is 27.7 Å². The van der Waals surface area contributed by atoms with Crippen molar-refractivity contribution in [2.24, 2.45) is 5.16 Å². The minimum absolute atomic E-state index is 0.606. The van der Waals surface area contributed by atoms with E-state index in [-0.39, 0.29) is 0 Å². The molecule has 0 spiro atoms. The fraction of sp³-hybridized carbons (Fsp3) is 0.900. The molecule has 0 radical (unpaired) electrons. The quantitative estimate of drug-likeness (QED) is 0.389. The Kier molecular flexibility index (Phi) is 16.9. The van der Waals surface area contributed by atoms with Crippen molar-refractivity contribution in [1.29, 1.82) is 0 Å². The zero-order valence-corrected chi connectivity index (χ0v) is 10.1. The van der Waals surface area contributed by atoms with E-state index in [1.54, 1.807) is 7.11 Å². The second kappa shape index (κ2) is 14.9. The second-order valence-electron chi connectivity index (χ2n) is 2.61. The van der Waals surface area contributed by atoms with Crippen LogP contribution in [0.2, 0.25) is 0 Å². The molecular formula is C10H24N2O2. The molecule has 0 aliphatic heterocycles. The van der Waals surface area contributed by atoms with Crippen molar-refractivity contribution in [1.82, 2.24) is 5.32 Å². The summed E-state index contributed by atoms with van der Waals surface area (Å²) in [5.74, 6) is 0. The van der Waals surface area contributed by atoms with Gasteiger partial charge in [0.1, 0.15) is 6.61 Å². The Morgan fingerprint density at radius 2 is 1.71 bits per heavy atom. The molecule has 0 saturated carbocycles. The summed E-state index contributed by atoms with van der Waals surface area (Å²) in [5, 5.41) is 6.93. The van der Waals surface area contributed by atoms with Crippen molar-refractivity contribution in [3.8, 4) is 0 Å². The molecule has 0 aromatic heterocycles. The number of ether oxygens (including phenoxy) is 1. The molecule has 0 aromatic carbocycles. The van der Waals surface area contributed by atoms with Gasteiger partial charge in [-0.05, 0) is 13.8 Å². The van der Waals surface area contributed by atoms with Crippen molar-refractivity contribution < 1.29 is 9.57 Å². The smallest absolute Gasteiger partial charge is 0.129 e. The Bertz CT molecular complexity index is 123. The molecular weight excluding hydrogens is 180 g/mol. The van der Waals surface area contributed by atoms with Crippen LogP contribution in [0.1, 0.15) is 27.7 Å². The fourth-order valence-corrected chi connectivity index (χ4v) is 0.592. The van der Waals surface area contributed by atoms with Gasteiger partial charge < -0.3 is 14.9 Å². The Balaban J connectivity index is 0. The minimum Gasteiger partial charge on any atom is -0.395 e. The Labute approximate surface area is 87.7 Å². The van der Waals surface area contributed by atoms with Gasteiger partial charge in [-0.1, -0.05) is 19.0 Å². The van der Waals surface area contributed by atoms with E-state index >= 15 is 0 Å². The number of nitrogens with zero attached hydrogens (tertiary/aromatic N) is 1. The maximum Gasteiger partial charge on any atom is 0.129 e. The van der Waals surface area contributed by atoms with Crippen LogP contribution in [0, 0.1) is 0 Å². The van der Waals surface area contributed by atoms with Gasteiger partial charge in [0.05, 0.1) is 12.3 Å². The molecule has 0 unspecified atom stereocenters. The van der Waals surface area contributed by atoms with Crippen LogP contribution in [-0.2, 0) is 9.57 Å². The first-order chi connectivity index (χ1) is 6.77. The first kappa shape index (κ1) is 15.8. The fourth-order valence-electron chi connectivity index (χ4n) is 0.592. The van der Waals surface area contributed by atoms with Crippen molar-refractivity contribution in [3.63, 3.8) is 0 Å². The van der Waals surface area contributed by atoms with E-state index in [2.05, 4.69) is 10.5 Å². The lowest BCUT2D eigenvalue weighted by Crippen LogP contribution is -2.23. The predicted octanol–water partition coefficient (Wildman–Crippen LogP) is 1.66. The van der Waals surface area contributed by atoms with Gasteiger partial charge in [0.2, 0.25) is 0 Å². The van der Waals surface area contributed by atoms with Crippen LogP contribution in [0.3, 0.4) is 0 Å². The number of nitrogens with one attached hydrogen (secondary N) is 1. The SMILES string of the molecule is CC.COCCNCCON=C(C)C. The molecule has 0 amide bonds. The molecule has 4 heteroatoms. The Morgan fingerprint density at radius 1 is 1.14 bits per heavy atom. The highest BCUT2D eigenvalue weighted by molar-refractivity contribution is 5.78. The molecule has 0 aliphatic carbocycles. The topological polar surface area (TPSA) is 42.8 Å². The summed E-state index contributed by atoms with van der Waals surface area (Å²) in [5.41, 5.74) is 0.937. The summed E-state index contributed by atoms with van der Waals surface area (Å²) >= 11 is 0. The molecule has 0 rings (SSSR count). The summed E-state index contributed by atoms with van der Waals surface area (Å²) in [6.07, 6.45) is 0. The van der Waals surface area contributed by atoms with E-state index < -0.39 is 0 Å². The van der Waals surface area contributed by atoms with Crippen LogP contribution in [0.15, 0.2) is 5.16 Å².